The van der Waals surface area contributed by atoms with Crippen LogP contribution in [0.5, 0.6) is 0 Å². The highest BCUT2D eigenvalue weighted by Crippen LogP contribution is 2.14. The van der Waals surface area contributed by atoms with E-state index in [0.717, 1.165) is 25.3 Å². The van der Waals surface area contributed by atoms with Gasteiger partial charge in [0.25, 0.3) is 0 Å². The summed E-state index contributed by atoms with van der Waals surface area (Å²) in [6, 6.07) is 0. The van der Waals surface area contributed by atoms with Crippen molar-refractivity contribution < 1.29 is 19.8 Å². The van der Waals surface area contributed by atoms with E-state index in [1.54, 1.807) is 6.08 Å². The second kappa shape index (κ2) is 21.1. The Morgan fingerprint density at radius 3 is 1.34 bits per heavy atom. The minimum absolute atomic E-state index is 0.176. The molecule has 0 atom stereocenters. The lowest BCUT2D eigenvalue weighted by atomic mass is 10.0. The van der Waals surface area contributed by atoms with E-state index in [1.807, 2.05) is 0 Å². The molecule has 0 heterocycles. The summed E-state index contributed by atoms with van der Waals surface area (Å²) >= 11 is 0. The Bertz CT molecular complexity index is 465. The first kappa shape index (κ1) is 27.4. The van der Waals surface area contributed by atoms with Crippen molar-refractivity contribution in [2.45, 2.75) is 122 Å². The molecule has 0 unspecified atom stereocenters. The lowest BCUT2D eigenvalue weighted by Crippen LogP contribution is -2.01. The number of carboxylic acid groups (broad SMARTS) is 2. The average Bonchev–Trinajstić information content (AvgIpc) is 2.68. The summed E-state index contributed by atoms with van der Waals surface area (Å²) in [5.74, 6) is -2.43. The number of allylic oxidation sites excluding steroid dienone is 1. The molecule has 4 nitrogen and oxygen atoms in total. The second-order valence-electron chi connectivity index (χ2n) is 8.09. The third-order valence-electron chi connectivity index (χ3n) is 5.30. The lowest BCUT2D eigenvalue weighted by Gasteiger charge is -2.03. The van der Waals surface area contributed by atoms with E-state index >= 15 is 0 Å². The average molecular weight is 409 g/mol. The number of hydrogen-bond donors (Lipinski definition) is 2. The fourth-order valence-corrected chi connectivity index (χ4v) is 3.51. The van der Waals surface area contributed by atoms with Crippen LogP contribution in [0.3, 0.4) is 0 Å². The first-order valence-corrected chi connectivity index (χ1v) is 11.9. The van der Waals surface area contributed by atoms with Crippen LogP contribution in [0.1, 0.15) is 122 Å². The lowest BCUT2D eigenvalue weighted by molar-refractivity contribution is -0.134. The molecule has 0 saturated carbocycles. The summed E-state index contributed by atoms with van der Waals surface area (Å²) in [6.07, 6.45) is 27.4. The Labute approximate surface area is 178 Å². The molecule has 0 amide bonds. The van der Waals surface area contributed by atoms with Gasteiger partial charge in [0.05, 0.1) is 5.57 Å². The van der Waals surface area contributed by atoms with E-state index in [0.29, 0.717) is 0 Å². The molecule has 0 rings (SSSR count). The molecule has 0 aromatic rings. The molecular formula is C25H44O4. The number of unbranched alkanes of at least 4 members (excludes halogenated alkanes) is 17. The van der Waals surface area contributed by atoms with E-state index in [1.165, 1.54) is 102 Å². The standard InChI is InChI=1S/C25H44O4/c1-2-3-4-5-6-7-8-9-10-11-12-13-14-15-16-17-18-19-20-21-23(25(28)29)22-24(26)27/h20-22H,2-19H2,1H3,(H,26,27)(H,28,29)/b21-20+,23-22-. The van der Waals surface area contributed by atoms with Crippen LogP contribution >= 0.6 is 0 Å². The van der Waals surface area contributed by atoms with Gasteiger partial charge in [-0.1, -0.05) is 122 Å². The maximum absolute atomic E-state index is 10.9. The zero-order chi connectivity index (χ0) is 21.6. The van der Waals surface area contributed by atoms with E-state index in [-0.39, 0.29) is 5.57 Å². The molecule has 0 aliphatic rings. The predicted octanol–water partition coefficient (Wildman–Crippen LogP) is 7.68. The Hall–Kier alpha value is -1.58. The number of carboxylic acids is 2. The molecule has 0 aliphatic heterocycles. The Morgan fingerprint density at radius 1 is 0.621 bits per heavy atom. The van der Waals surface area contributed by atoms with Crippen molar-refractivity contribution in [3.8, 4) is 0 Å². The van der Waals surface area contributed by atoms with Crippen LogP contribution in [0.2, 0.25) is 0 Å². The fraction of sp³-hybridized carbons (Fsp3) is 0.760. The van der Waals surface area contributed by atoms with Crippen molar-refractivity contribution in [2.24, 2.45) is 0 Å². The van der Waals surface area contributed by atoms with Gasteiger partial charge in [0.2, 0.25) is 0 Å². The van der Waals surface area contributed by atoms with Gasteiger partial charge in [0.1, 0.15) is 0 Å². The van der Waals surface area contributed by atoms with Crippen molar-refractivity contribution in [3.05, 3.63) is 23.8 Å². The van der Waals surface area contributed by atoms with E-state index in [2.05, 4.69) is 6.92 Å². The van der Waals surface area contributed by atoms with Gasteiger partial charge < -0.3 is 10.2 Å². The summed E-state index contributed by atoms with van der Waals surface area (Å²) in [5.41, 5.74) is -0.176. The number of carbonyl (C=O) groups is 2. The number of aliphatic carboxylic acids is 2. The summed E-state index contributed by atoms with van der Waals surface area (Å²) < 4.78 is 0. The SMILES string of the molecule is CCCCCCCCCCCCCCCCCCC/C=C/C(=C/C(=O)O)C(=O)O. The molecule has 0 fully saturated rings. The Morgan fingerprint density at radius 2 is 1.00 bits per heavy atom. The quantitative estimate of drug-likeness (QED) is 0.116. The minimum atomic E-state index is -1.23. The molecule has 0 aliphatic carbocycles. The highest BCUT2D eigenvalue weighted by atomic mass is 16.4. The van der Waals surface area contributed by atoms with Gasteiger partial charge in [-0.2, -0.15) is 0 Å². The molecule has 2 N–H and O–H groups in total. The monoisotopic (exact) mass is 408 g/mol. The van der Waals surface area contributed by atoms with Gasteiger partial charge in [-0.15, -0.1) is 0 Å². The first-order valence-electron chi connectivity index (χ1n) is 11.9. The zero-order valence-electron chi connectivity index (χ0n) is 18.7. The van der Waals surface area contributed by atoms with E-state index < -0.39 is 11.9 Å². The summed E-state index contributed by atoms with van der Waals surface area (Å²) in [5, 5.41) is 17.5. The van der Waals surface area contributed by atoms with Crippen molar-refractivity contribution in [2.75, 3.05) is 0 Å². The number of rotatable bonds is 21. The molecule has 0 saturated heterocycles. The minimum Gasteiger partial charge on any atom is -0.478 e. The van der Waals surface area contributed by atoms with Crippen LogP contribution in [-0.2, 0) is 9.59 Å². The molecule has 4 heteroatoms. The van der Waals surface area contributed by atoms with Crippen molar-refractivity contribution in [1.82, 2.24) is 0 Å². The molecule has 0 bridgehead atoms. The highest BCUT2D eigenvalue weighted by molar-refractivity contribution is 5.96. The van der Waals surface area contributed by atoms with Crippen LogP contribution < -0.4 is 0 Å². The maximum Gasteiger partial charge on any atom is 0.335 e. The van der Waals surface area contributed by atoms with Crippen LogP contribution in [0, 0.1) is 0 Å². The summed E-state index contributed by atoms with van der Waals surface area (Å²) in [7, 11) is 0. The van der Waals surface area contributed by atoms with E-state index in [9.17, 15) is 9.59 Å². The number of hydrogen-bond acceptors (Lipinski definition) is 2. The predicted molar refractivity (Wildman–Crippen MR) is 121 cm³/mol. The first-order chi connectivity index (χ1) is 14.1. The van der Waals surface area contributed by atoms with Gasteiger partial charge in [-0.3, -0.25) is 0 Å². The van der Waals surface area contributed by atoms with Gasteiger partial charge in [0, 0.05) is 6.08 Å². The zero-order valence-corrected chi connectivity index (χ0v) is 18.7. The van der Waals surface area contributed by atoms with Crippen LogP contribution in [0.15, 0.2) is 23.8 Å². The molecule has 0 spiro atoms. The third kappa shape index (κ3) is 21.0. The van der Waals surface area contributed by atoms with Crippen molar-refractivity contribution >= 4 is 11.9 Å². The topological polar surface area (TPSA) is 74.6 Å². The largest absolute Gasteiger partial charge is 0.478 e. The van der Waals surface area contributed by atoms with Gasteiger partial charge in [-0.05, 0) is 12.8 Å². The summed E-state index contributed by atoms with van der Waals surface area (Å²) in [4.78, 5) is 21.4. The Kier molecular flexibility index (Phi) is 20.0. The van der Waals surface area contributed by atoms with Crippen molar-refractivity contribution in [3.63, 3.8) is 0 Å². The van der Waals surface area contributed by atoms with Gasteiger partial charge >= 0.3 is 11.9 Å². The smallest absolute Gasteiger partial charge is 0.335 e. The van der Waals surface area contributed by atoms with Gasteiger partial charge in [-0.25, -0.2) is 9.59 Å². The van der Waals surface area contributed by atoms with E-state index in [4.69, 9.17) is 10.2 Å². The fourth-order valence-electron chi connectivity index (χ4n) is 3.51. The van der Waals surface area contributed by atoms with Crippen LogP contribution in [-0.4, -0.2) is 22.2 Å². The van der Waals surface area contributed by atoms with Crippen molar-refractivity contribution in [1.29, 1.82) is 0 Å². The molecule has 0 aromatic heterocycles. The van der Waals surface area contributed by atoms with Gasteiger partial charge in [0.15, 0.2) is 0 Å². The normalized spacial score (nSPS) is 12.0. The molecule has 0 radical (unpaired) electrons. The summed E-state index contributed by atoms with van der Waals surface area (Å²) in [6.45, 7) is 2.27. The van der Waals surface area contributed by atoms with Crippen LogP contribution in [0.25, 0.3) is 0 Å². The maximum atomic E-state index is 10.9. The molecule has 0 aromatic carbocycles. The third-order valence-corrected chi connectivity index (χ3v) is 5.30. The van der Waals surface area contributed by atoms with Crippen LogP contribution in [0.4, 0.5) is 0 Å². The molecular weight excluding hydrogens is 364 g/mol. The highest BCUT2D eigenvalue weighted by Gasteiger charge is 2.04. The molecule has 29 heavy (non-hydrogen) atoms. The molecule has 168 valence electrons. The second-order valence-corrected chi connectivity index (χ2v) is 8.09. The Balaban J connectivity index is 3.34.